The van der Waals surface area contributed by atoms with E-state index in [0.29, 0.717) is 6.10 Å². The van der Waals surface area contributed by atoms with Crippen LogP contribution in [0.25, 0.3) is 0 Å². The van der Waals surface area contributed by atoms with Gasteiger partial charge in [-0.25, -0.2) is 0 Å². The molecule has 0 bridgehead atoms. The van der Waals surface area contributed by atoms with Gasteiger partial charge in [-0.1, -0.05) is 0 Å². The lowest BCUT2D eigenvalue weighted by atomic mass is 10.5. The second-order valence-corrected chi connectivity index (χ2v) is 2.13. The number of nitrogens with one attached hydrogen (secondary N) is 1. The molecule has 0 aromatic carbocycles. The van der Waals surface area contributed by atoms with Crippen molar-refractivity contribution in [1.82, 2.24) is 5.32 Å². The number of hydrogen-bond donors (Lipinski definition) is 1. The summed E-state index contributed by atoms with van der Waals surface area (Å²) in [6, 6.07) is 0. The van der Waals surface area contributed by atoms with Crippen LogP contribution in [0.5, 0.6) is 0 Å². The lowest BCUT2D eigenvalue weighted by Crippen LogP contribution is -2.15. The van der Waals surface area contributed by atoms with E-state index in [1.54, 1.807) is 0 Å². The molecule has 54 valence electrons. The molecule has 0 aromatic rings. The summed E-state index contributed by atoms with van der Waals surface area (Å²) in [4.78, 5) is 0. The van der Waals surface area contributed by atoms with Gasteiger partial charge >= 0.3 is 0 Å². The molecular formula is C6H13NO2. The largest absolute Gasteiger partial charge is 0.377 e. The van der Waals surface area contributed by atoms with Crippen molar-refractivity contribution < 1.29 is 9.47 Å². The van der Waals surface area contributed by atoms with Crippen LogP contribution in [0, 0.1) is 0 Å². The van der Waals surface area contributed by atoms with Crippen LogP contribution in [0.4, 0.5) is 0 Å². The van der Waals surface area contributed by atoms with E-state index < -0.39 is 0 Å². The third kappa shape index (κ3) is 3.46. The first-order chi connectivity index (χ1) is 4.43. The standard InChI is InChI=1S/C6H13NO2/c1-7-2-3-8-4-6-5-9-6/h6-7H,2-5H2,1H3. The van der Waals surface area contributed by atoms with E-state index in [0.717, 1.165) is 26.4 Å². The normalized spacial score (nSPS) is 24.3. The third-order valence-corrected chi connectivity index (χ3v) is 1.20. The maximum atomic E-state index is 5.21. The Kier molecular flexibility index (Phi) is 2.97. The SMILES string of the molecule is CNCCOCC1CO1. The summed E-state index contributed by atoms with van der Waals surface area (Å²) in [6.07, 6.45) is 0.404. The number of hydrogen-bond acceptors (Lipinski definition) is 3. The van der Waals surface area contributed by atoms with Gasteiger partial charge in [-0.3, -0.25) is 0 Å². The molecule has 1 saturated heterocycles. The molecular weight excluding hydrogens is 118 g/mol. The van der Waals surface area contributed by atoms with Gasteiger partial charge in [0.15, 0.2) is 0 Å². The highest BCUT2D eigenvalue weighted by atomic mass is 16.6. The smallest absolute Gasteiger partial charge is 0.104 e. The maximum Gasteiger partial charge on any atom is 0.104 e. The molecule has 0 radical (unpaired) electrons. The molecule has 1 aliphatic heterocycles. The van der Waals surface area contributed by atoms with Crippen molar-refractivity contribution in [2.45, 2.75) is 6.10 Å². The van der Waals surface area contributed by atoms with E-state index >= 15 is 0 Å². The summed E-state index contributed by atoms with van der Waals surface area (Å²) >= 11 is 0. The minimum absolute atomic E-state index is 0.404. The van der Waals surface area contributed by atoms with E-state index in [9.17, 15) is 0 Å². The van der Waals surface area contributed by atoms with Gasteiger partial charge in [0.2, 0.25) is 0 Å². The van der Waals surface area contributed by atoms with Crippen LogP contribution < -0.4 is 5.32 Å². The summed E-state index contributed by atoms with van der Waals surface area (Å²) in [5.41, 5.74) is 0. The van der Waals surface area contributed by atoms with Gasteiger partial charge in [0, 0.05) is 6.54 Å². The number of likely N-dealkylation sites (N-methyl/N-ethyl adjacent to an activating group) is 1. The number of ether oxygens (including phenoxy) is 2. The van der Waals surface area contributed by atoms with Gasteiger partial charge in [-0.15, -0.1) is 0 Å². The molecule has 1 aliphatic rings. The fraction of sp³-hybridized carbons (Fsp3) is 1.00. The minimum atomic E-state index is 0.404. The van der Waals surface area contributed by atoms with Crippen molar-refractivity contribution in [3.8, 4) is 0 Å². The molecule has 0 amide bonds. The molecule has 1 fully saturated rings. The quantitative estimate of drug-likeness (QED) is 0.408. The van der Waals surface area contributed by atoms with Gasteiger partial charge in [0.25, 0.3) is 0 Å². The highest BCUT2D eigenvalue weighted by Gasteiger charge is 2.21. The molecule has 0 aromatic heterocycles. The number of rotatable bonds is 5. The molecule has 0 spiro atoms. The fourth-order valence-corrected chi connectivity index (χ4v) is 0.553. The molecule has 3 nitrogen and oxygen atoms in total. The van der Waals surface area contributed by atoms with Crippen molar-refractivity contribution in [1.29, 1.82) is 0 Å². The van der Waals surface area contributed by atoms with Crippen LogP contribution in [-0.2, 0) is 9.47 Å². The van der Waals surface area contributed by atoms with Crippen LogP contribution in [0.1, 0.15) is 0 Å². The van der Waals surface area contributed by atoms with Crippen LogP contribution in [0.3, 0.4) is 0 Å². The van der Waals surface area contributed by atoms with Crippen molar-refractivity contribution in [2.24, 2.45) is 0 Å². The Morgan fingerprint density at radius 1 is 1.78 bits per heavy atom. The Morgan fingerprint density at radius 2 is 2.56 bits per heavy atom. The zero-order chi connectivity index (χ0) is 6.53. The lowest BCUT2D eigenvalue weighted by Gasteiger charge is -1.98. The fourth-order valence-electron chi connectivity index (χ4n) is 0.553. The summed E-state index contributed by atoms with van der Waals surface area (Å²) in [5, 5.41) is 3.00. The van der Waals surface area contributed by atoms with Gasteiger partial charge in [0.1, 0.15) is 6.10 Å². The van der Waals surface area contributed by atoms with Crippen LogP contribution in [0.2, 0.25) is 0 Å². The Morgan fingerprint density at radius 3 is 3.11 bits per heavy atom. The van der Waals surface area contributed by atoms with Crippen LogP contribution in [-0.4, -0.2) is 39.5 Å². The second-order valence-electron chi connectivity index (χ2n) is 2.13. The Bertz CT molecular complexity index is 73.5. The summed E-state index contributed by atoms with van der Waals surface area (Å²) in [6.45, 7) is 3.37. The minimum Gasteiger partial charge on any atom is -0.377 e. The molecule has 9 heavy (non-hydrogen) atoms. The maximum absolute atomic E-state index is 5.21. The zero-order valence-corrected chi connectivity index (χ0v) is 5.72. The predicted molar refractivity (Wildman–Crippen MR) is 34.5 cm³/mol. The topological polar surface area (TPSA) is 33.8 Å². The number of epoxide rings is 1. The molecule has 1 atom stereocenters. The van der Waals surface area contributed by atoms with E-state index in [1.165, 1.54) is 0 Å². The molecule has 0 aliphatic carbocycles. The van der Waals surface area contributed by atoms with E-state index in [4.69, 9.17) is 9.47 Å². The van der Waals surface area contributed by atoms with Gasteiger partial charge in [-0.05, 0) is 7.05 Å². The van der Waals surface area contributed by atoms with Crippen LogP contribution in [0.15, 0.2) is 0 Å². The summed E-state index contributed by atoms with van der Waals surface area (Å²) < 4.78 is 10.2. The Balaban J connectivity index is 1.71. The van der Waals surface area contributed by atoms with E-state index in [2.05, 4.69) is 5.32 Å². The monoisotopic (exact) mass is 131 g/mol. The van der Waals surface area contributed by atoms with Crippen molar-refractivity contribution in [3.05, 3.63) is 0 Å². The Labute approximate surface area is 55.3 Å². The zero-order valence-electron chi connectivity index (χ0n) is 5.72. The average molecular weight is 131 g/mol. The average Bonchev–Trinajstić information content (AvgIpc) is 2.63. The van der Waals surface area contributed by atoms with Gasteiger partial charge in [-0.2, -0.15) is 0 Å². The first-order valence-corrected chi connectivity index (χ1v) is 3.27. The van der Waals surface area contributed by atoms with Crippen molar-refractivity contribution in [2.75, 3.05) is 33.4 Å². The first-order valence-electron chi connectivity index (χ1n) is 3.27. The third-order valence-electron chi connectivity index (χ3n) is 1.20. The van der Waals surface area contributed by atoms with Crippen molar-refractivity contribution in [3.63, 3.8) is 0 Å². The van der Waals surface area contributed by atoms with E-state index in [-0.39, 0.29) is 0 Å². The second kappa shape index (κ2) is 3.82. The highest BCUT2D eigenvalue weighted by Crippen LogP contribution is 2.07. The molecule has 1 rings (SSSR count). The van der Waals surface area contributed by atoms with Crippen LogP contribution >= 0.6 is 0 Å². The van der Waals surface area contributed by atoms with Gasteiger partial charge < -0.3 is 14.8 Å². The molecule has 1 heterocycles. The summed E-state index contributed by atoms with van der Waals surface area (Å²) in [5.74, 6) is 0. The first kappa shape index (κ1) is 6.99. The molecule has 1 N–H and O–H groups in total. The van der Waals surface area contributed by atoms with E-state index in [1.807, 2.05) is 7.05 Å². The highest BCUT2D eigenvalue weighted by molar-refractivity contribution is 4.66. The molecule has 3 heteroatoms. The summed E-state index contributed by atoms with van der Waals surface area (Å²) in [7, 11) is 1.91. The molecule has 0 saturated carbocycles. The lowest BCUT2D eigenvalue weighted by molar-refractivity contribution is 0.119. The van der Waals surface area contributed by atoms with Crippen molar-refractivity contribution >= 4 is 0 Å². The Hall–Kier alpha value is -0.120. The predicted octanol–water partition coefficient (Wildman–Crippen LogP) is -0.379. The van der Waals surface area contributed by atoms with Gasteiger partial charge in [0.05, 0.1) is 19.8 Å². The molecule has 1 unspecified atom stereocenters.